The van der Waals surface area contributed by atoms with Crippen molar-refractivity contribution in [2.45, 2.75) is 24.4 Å². The fourth-order valence-corrected chi connectivity index (χ4v) is 3.61. The molecule has 0 aliphatic heterocycles. The number of hydrogen-bond donors (Lipinski definition) is 2. The SMILES string of the molecule is Cc1nnc(SCC(=O)NCCC(c2ccccc2)c2ccccc2)n1N. The first-order valence-corrected chi connectivity index (χ1v) is 9.80. The molecule has 0 aliphatic rings. The number of aromatic nitrogens is 3. The molecule has 1 amide bonds. The van der Waals surface area contributed by atoms with Crippen LogP contribution in [-0.2, 0) is 4.79 Å². The molecule has 0 unspecified atom stereocenters. The van der Waals surface area contributed by atoms with Crippen LogP contribution in [-0.4, -0.2) is 33.1 Å². The minimum absolute atomic E-state index is 0.0412. The van der Waals surface area contributed by atoms with E-state index in [1.807, 2.05) is 36.4 Å². The number of carbonyl (C=O) groups is 1. The number of carbonyl (C=O) groups excluding carboxylic acids is 1. The van der Waals surface area contributed by atoms with Gasteiger partial charge in [0.15, 0.2) is 0 Å². The van der Waals surface area contributed by atoms with Crippen LogP contribution in [0.5, 0.6) is 0 Å². The lowest BCUT2D eigenvalue weighted by molar-refractivity contribution is -0.118. The van der Waals surface area contributed by atoms with Crippen LogP contribution in [0.4, 0.5) is 0 Å². The molecular formula is C20H23N5OS. The molecule has 2 aromatic carbocycles. The molecule has 6 nitrogen and oxygen atoms in total. The molecule has 7 heteroatoms. The molecular weight excluding hydrogens is 358 g/mol. The van der Waals surface area contributed by atoms with Gasteiger partial charge in [-0.25, -0.2) is 4.68 Å². The molecule has 3 rings (SSSR count). The molecule has 0 bridgehead atoms. The van der Waals surface area contributed by atoms with Crippen molar-refractivity contribution < 1.29 is 4.79 Å². The highest BCUT2D eigenvalue weighted by Crippen LogP contribution is 2.27. The standard InChI is InChI=1S/C20H23N5OS/c1-15-23-24-20(25(15)21)27-14-19(26)22-13-12-18(16-8-4-2-5-9-16)17-10-6-3-7-11-17/h2-11,18H,12-14,21H2,1H3,(H,22,26). The van der Waals surface area contributed by atoms with Crippen molar-refractivity contribution in [3.05, 3.63) is 77.6 Å². The van der Waals surface area contributed by atoms with Crippen molar-refractivity contribution >= 4 is 17.7 Å². The first-order chi connectivity index (χ1) is 13.1. The maximum Gasteiger partial charge on any atom is 0.230 e. The predicted octanol–water partition coefficient (Wildman–Crippen LogP) is 2.73. The molecule has 0 spiro atoms. The third-order valence-corrected chi connectivity index (χ3v) is 5.27. The number of rotatable bonds is 8. The number of nitrogen functional groups attached to an aromatic ring is 1. The third kappa shape index (κ3) is 5.10. The predicted molar refractivity (Wildman–Crippen MR) is 108 cm³/mol. The Bertz CT molecular complexity index is 827. The minimum atomic E-state index is -0.0412. The Morgan fingerprint density at radius 2 is 1.67 bits per heavy atom. The second-order valence-corrected chi connectivity index (χ2v) is 7.14. The van der Waals surface area contributed by atoms with E-state index in [2.05, 4.69) is 39.8 Å². The zero-order valence-corrected chi connectivity index (χ0v) is 16.0. The summed E-state index contributed by atoms with van der Waals surface area (Å²) in [6, 6.07) is 20.7. The van der Waals surface area contributed by atoms with Gasteiger partial charge < -0.3 is 11.2 Å². The normalized spacial score (nSPS) is 10.9. The summed E-state index contributed by atoms with van der Waals surface area (Å²) in [5.41, 5.74) is 2.50. The van der Waals surface area contributed by atoms with Crippen molar-refractivity contribution in [3.63, 3.8) is 0 Å². The smallest absolute Gasteiger partial charge is 0.230 e. The molecule has 0 saturated heterocycles. The van der Waals surface area contributed by atoms with E-state index >= 15 is 0 Å². The Kier molecular flexibility index (Phi) is 6.49. The van der Waals surface area contributed by atoms with Gasteiger partial charge in [0.1, 0.15) is 5.82 Å². The van der Waals surface area contributed by atoms with E-state index in [4.69, 9.17) is 5.84 Å². The van der Waals surface area contributed by atoms with E-state index < -0.39 is 0 Å². The van der Waals surface area contributed by atoms with E-state index in [1.54, 1.807) is 6.92 Å². The number of nitrogens with zero attached hydrogens (tertiary/aromatic N) is 3. The summed E-state index contributed by atoms with van der Waals surface area (Å²) in [6.07, 6.45) is 0.830. The highest BCUT2D eigenvalue weighted by molar-refractivity contribution is 7.99. The molecule has 0 aliphatic carbocycles. The highest BCUT2D eigenvalue weighted by atomic mass is 32.2. The Balaban J connectivity index is 1.54. The fraction of sp³-hybridized carbons (Fsp3) is 0.250. The van der Waals surface area contributed by atoms with Crippen LogP contribution in [0.2, 0.25) is 0 Å². The van der Waals surface area contributed by atoms with Gasteiger partial charge in [-0.05, 0) is 24.5 Å². The average molecular weight is 382 g/mol. The number of nitrogens with one attached hydrogen (secondary N) is 1. The number of amides is 1. The highest BCUT2D eigenvalue weighted by Gasteiger charge is 2.15. The summed E-state index contributed by atoms with van der Waals surface area (Å²) in [7, 11) is 0. The third-order valence-electron chi connectivity index (χ3n) is 4.33. The molecule has 3 aromatic rings. The lowest BCUT2D eigenvalue weighted by Crippen LogP contribution is -2.27. The molecule has 0 atom stereocenters. The van der Waals surface area contributed by atoms with E-state index in [9.17, 15) is 4.79 Å². The Hall–Kier alpha value is -2.80. The van der Waals surface area contributed by atoms with Crippen molar-refractivity contribution in [3.8, 4) is 0 Å². The summed E-state index contributed by atoms with van der Waals surface area (Å²) in [5.74, 6) is 6.88. The Morgan fingerprint density at radius 3 is 2.19 bits per heavy atom. The van der Waals surface area contributed by atoms with Gasteiger partial charge in [-0.3, -0.25) is 4.79 Å². The number of nitrogens with two attached hydrogens (primary N) is 1. The number of hydrogen-bond acceptors (Lipinski definition) is 5. The van der Waals surface area contributed by atoms with Crippen LogP contribution in [0, 0.1) is 6.92 Å². The molecule has 1 aromatic heterocycles. The van der Waals surface area contributed by atoms with Gasteiger partial charge >= 0.3 is 0 Å². The monoisotopic (exact) mass is 381 g/mol. The average Bonchev–Trinajstić information content (AvgIpc) is 3.03. The maximum absolute atomic E-state index is 12.2. The van der Waals surface area contributed by atoms with Gasteiger partial charge in [-0.15, -0.1) is 10.2 Å². The van der Waals surface area contributed by atoms with Gasteiger partial charge in [0.25, 0.3) is 0 Å². The van der Waals surface area contributed by atoms with Crippen LogP contribution in [0.25, 0.3) is 0 Å². The largest absolute Gasteiger partial charge is 0.355 e. The molecule has 0 saturated carbocycles. The fourth-order valence-electron chi connectivity index (χ4n) is 2.88. The van der Waals surface area contributed by atoms with Crippen LogP contribution in [0.1, 0.15) is 29.3 Å². The van der Waals surface area contributed by atoms with Gasteiger partial charge in [0.2, 0.25) is 11.1 Å². The molecule has 27 heavy (non-hydrogen) atoms. The van der Waals surface area contributed by atoms with E-state index in [1.165, 1.54) is 27.6 Å². The number of thioether (sulfide) groups is 1. The van der Waals surface area contributed by atoms with Crippen LogP contribution < -0.4 is 11.2 Å². The summed E-state index contributed by atoms with van der Waals surface area (Å²) in [4.78, 5) is 12.2. The zero-order chi connectivity index (χ0) is 19.1. The molecule has 140 valence electrons. The van der Waals surface area contributed by atoms with E-state index in [0.717, 1.165) is 6.42 Å². The van der Waals surface area contributed by atoms with Crippen LogP contribution in [0.15, 0.2) is 65.8 Å². The second-order valence-electron chi connectivity index (χ2n) is 6.20. The molecule has 0 radical (unpaired) electrons. The summed E-state index contributed by atoms with van der Waals surface area (Å²) < 4.78 is 1.39. The first kappa shape index (κ1) is 19.0. The Labute approximate surface area is 163 Å². The van der Waals surface area contributed by atoms with Crippen molar-refractivity contribution in [1.29, 1.82) is 0 Å². The quantitative estimate of drug-likeness (QED) is 0.463. The van der Waals surface area contributed by atoms with Gasteiger partial charge in [-0.1, -0.05) is 72.4 Å². The minimum Gasteiger partial charge on any atom is -0.355 e. The lowest BCUT2D eigenvalue weighted by Gasteiger charge is -2.18. The van der Waals surface area contributed by atoms with E-state index in [-0.39, 0.29) is 17.6 Å². The zero-order valence-electron chi connectivity index (χ0n) is 15.2. The van der Waals surface area contributed by atoms with Crippen molar-refractivity contribution in [2.24, 2.45) is 0 Å². The lowest BCUT2D eigenvalue weighted by atomic mass is 9.88. The molecule has 3 N–H and O–H groups in total. The Morgan fingerprint density at radius 1 is 1.07 bits per heavy atom. The van der Waals surface area contributed by atoms with Crippen molar-refractivity contribution in [1.82, 2.24) is 20.2 Å². The van der Waals surface area contributed by atoms with Crippen molar-refractivity contribution in [2.75, 3.05) is 18.1 Å². The van der Waals surface area contributed by atoms with Crippen LogP contribution >= 0.6 is 11.8 Å². The summed E-state index contributed by atoms with van der Waals surface area (Å²) in [6.45, 7) is 2.37. The number of benzene rings is 2. The summed E-state index contributed by atoms with van der Waals surface area (Å²) in [5, 5.41) is 11.4. The van der Waals surface area contributed by atoms with Gasteiger partial charge in [0, 0.05) is 12.5 Å². The van der Waals surface area contributed by atoms with Crippen LogP contribution in [0.3, 0.4) is 0 Å². The van der Waals surface area contributed by atoms with Gasteiger partial charge in [0.05, 0.1) is 5.75 Å². The topological polar surface area (TPSA) is 85.8 Å². The molecule has 0 fully saturated rings. The first-order valence-electron chi connectivity index (χ1n) is 8.81. The second kappa shape index (κ2) is 9.23. The summed E-state index contributed by atoms with van der Waals surface area (Å²) >= 11 is 1.28. The van der Waals surface area contributed by atoms with Gasteiger partial charge in [-0.2, -0.15) is 0 Å². The van der Waals surface area contributed by atoms with E-state index in [0.29, 0.717) is 17.5 Å². The number of aryl methyl sites for hydroxylation is 1. The maximum atomic E-state index is 12.2. The molecule has 1 heterocycles.